The molecule has 0 unspecified atom stereocenters. The van der Waals surface area contributed by atoms with Crippen LogP contribution in [-0.2, 0) is 4.79 Å². The van der Waals surface area contributed by atoms with E-state index in [4.69, 9.17) is 0 Å². The first kappa shape index (κ1) is 14.5. The number of benzene rings is 1. The second-order valence-corrected chi connectivity index (χ2v) is 5.61. The van der Waals surface area contributed by atoms with Gasteiger partial charge in [0.15, 0.2) is 11.6 Å². The Morgan fingerprint density at radius 2 is 2.00 bits per heavy atom. The molecule has 0 saturated heterocycles. The second-order valence-electron chi connectivity index (χ2n) is 5.61. The molecule has 0 bridgehead atoms. The molecule has 5 nitrogen and oxygen atoms in total. The van der Waals surface area contributed by atoms with E-state index in [0.717, 1.165) is 6.07 Å². The van der Waals surface area contributed by atoms with Crippen LogP contribution in [0, 0.1) is 11.6 Å². The van der Waals surface area contributed by atoms with Gasteiger partial charge in [0, 0.05) is 18.4 Å². The van der Waals surface area contributed by atoms with Crippen LogP contribution < -0.4 is 10.9 Å². The zero-order valence-corrected chi connectivity index (χ0v) is 12.1. The minimum absolute atomic E-state index is 0.0168. The molecule has 0 fully saturated rings. The number of carbonyl (C=O) groups excluding carboxylic acids is 1. The van der Waals surface area contributed by atoms with Crippen LogP contribution in [0.5, 0.6) is 0 Å². The van der Waals surface area contributed by atoms with Gasteiger partial charge in [0.25, 0.3) is 5.56 Å². The largest absolute Gasteiger partial charge is 0.311 e. The molecule has 7 heteroatoms. The van der Waals surface area contributed by atoms with Crippen LogP contribution in [-0.4, -0.2) is 15.7 Å². The summed E-state index contributed by atoms with van der Waals surface area (Å²) in [5, 5.41) is 5.28. The summed E-state index contributed by atoms with van der Waals surface area (Å²) in [5.41, 5.74) is -0.127. The molecule has 0 spiro atoms. The zero-order chi connectivity index (χ0) is 16.0. The van der Waals surface area contributed by atoms with Gasteiger partial charge in [-0.15, -0.1) is 0 Å². The maximum atomic E-state index is 14.1. The van der Waals surface area contributed by atoms with Crippen molar-refractivity contribution in [2.24, 2.45) is 0 Å². The van der Waals surface area contributed by atoms with E-state index in [1.165, 1.54) is 16.8 Å². The Balaban J connectivity index is 2.23. The standard InChI is InChI=1S/C15H15F2N3O2/c1-7(2)20-14-12(15(22)19-20)9(6-11(21)18-14)8-4-3-5-10(16)13(8)17/h3-5,7,9H,6H2,1-2H3,(H,18,21)(H,19,22)/t9-/m0/s1. The summed E-state index contributed by atoms with van der Waals surface area (Å²) < 4.78 is 29.1. The Kier molecular flexibility index (Phi) is 3.35. The molecule has 2 heterocycles. The Labute approximate surface area is 124 Å². The van der Waals surface area contributed by atoms with Gasteiger partial charge in [0.2, 0.25) is 5.91 Å². The van der Waals surface area contributed by atoms with Gasteiger partial charge in [-0.25, -0.2) is 8.78 Å². The SMILES string of the molecule is CC(C)n1[nH]c(=O)c2c1NC(=O)C[C@H]2c1cccc(F)c1F. The Morgan fingerprint density at radius 1 is 1.27 bits per heavy atom. The maximum Gasteiger partial charge on any atom is 0.270 e. The Bertz CT molecular complexity index is 808. The fourth-order valence-corrected chi connectivity index (χ4v) is 2.83. The van der Waals surface area contributed by atoms with Crippen molar-refractivity contribution in [2.75, 3.05) is 5.32 Å². The molecule has 0 radical (unpaired) electrons. The molecular weight excluding hydrogens is 292 g/mol. The third kappa shape index (κ3) is 2.13. The number of aromatic nitrogens is 2. The molecule has 0 aliphatic carbocycles. The number of fused-ring (bicyclic) bond motifs is 1. The molecule has 1 aliphatic heterocycles. The summed E-state index contributed by atoms with van der Waals surface area (Å²) in [6.45, 7) is 3.68. The average molecular weight is 307 g/mol. The van der Waals surface area contributed by atoms with Gasteiger partial charge in [0.1, 0.15) is 5.82 Å². The van der Waals surface area contributed by atoms with E-state index >= 15 is 0 Å². The predicted octanol–water partition coefficient (Wildman–Crippen LogP) is 2.51. The quantitative estimate of drug-likeness (QED) is 0.895. The fourth-order valence-electron chi connectivity index (χ4n) is 2.83. The van der Waals surface area contributed by atoms with E-state index in [-0.39, 0.29) is 29.5 Å². The Hall–Kier alpha value is -2.44. The van der Waals surface area contributed by atoms with Crippen molar-refractivity contribution in [1.82, 2.24) is 9.78 Å². The number of halogens is 2. The highest BCUT2D eigenvalue weighted by Gasteiger charge is 2.34. The number of aromatic amines is 1. The lowest BCUT2D eigenvalue weighted by atomic mass is 9.87. The van der Waals surface area contributed by atoms with Gasteiger partial charge >= 0.3 is 0 Å². The van der Waals surface area contributed by atoms with Crippen molar-refractivity contribution in [1.29, 1.82) is 0 Å². The predicted molar refractivity (Wildman–Crippen MR) is 76.9 cm³/mol. The van der Waals surface area contributed by atoms with Gasteiger partial charge in [-0.05, 0) is 25.5 Å². The van der Waals surface area contributed by atoms with Crippen LogP contribution in [0.4, 0.5) is 14.6 Å². The number of rotatable bonds is 2. The molecule has 1 aromatic carbocycles. The third-order valence-corrected chi connectivity index (χ3v) is 3.83. The van der Waals surface area contributed by atoms with Crippen LogP contribution in [0.3, 0.4) is 0 Å². The molecule has 1 aliphatic rings. The van der Waals surface area contributed by atoms with Crippen molar-refractivity contribution < 1.29 is 13.6 Å². The molecule has 116 valence electrons. The number of hydrogen-bond acceptors (Lipinski definition) is 2. The van der Waals surface area contributed by atoms with Gasteiger partial charge in [-0.3, -0.25) is 19.4 Å². The van der Waals surface area contributed by atoms with E-state index in [1.54, 1.807) is 0 Å². The number of amides is 1. The monoisotopic (exact) mass is 307 g/mol. The number of anilines is 1. The molecular formula is C15H15F2N3O2. The van der Waals surface area contributed by atoms with Gasteiger partial charge in [0.05, 0.1) is 5.56 Å². The fraction of sp³-hybridized carbons (Fsp3) is 0.333. The van der Waals surface area contributed by atoms with Crippen LogP contribution in [0.25, 0.3) is 0 Å². The summed E-state index contributed by atoms with van der Waals surface area (Å²) in [7, 11) is 0. The van der Waals surface area contributed by atoms with E-state index in [1.807, 2.05) is 13.8 Å². The van der Waals surface area contributed by atoms with Crippen molar-refractivity contribution in [3.63, 3.8) is 0 Å². The lowest BCUT2D eigenvalue weighted by Gasteiger charge is -2.24. The first-order valence-electron chi connectivity index (χ1n) is 6.98. The van der Waals surface area contributed by atoms with Crippen LogP contribution >= 0.6 is 0 Å². The summed E-state index contributed by atoms with van der Waals surface area (Å²) in [6.07, 6.45) is -0.0986. The summed E-state index contributed by atoms with van der Waals surface area (Å²) in [4.78, 5) is 24.2. The first-order valence-corrected chi connectivity index (χ1v) is 6.98. The Morgan fingerprint density at radius 3 is 2.68 bits per heavy atom. The minimum Gasteiger partial charge on any atom is -0.311 e. The van der Waals surface area contributed by atoms with Gasteiger partial charge < -0.3 is 5.32 Å². The smallest absolute Gasteiger partial charge is 0.270 e. The molecule has 2 aromatic rings. The molecule has 0 saturated carbocycles. The van der Waals surface area contributed by atoms with E-state index in [9.17, 15) is 18.4 Å². The summed E-state index contributed by atoms with van der Waals surface area (Å²) >= 11 is 0. The molecule has 1 aromatic heterocycles. The first-order chi connectivity index (χ1) is 10.4. The van der Waals surface area contributed by atoms with E-state index in [2.05, 4.69) is 10.4 Å². The van der Waals surface area contributed by atoms with Crippen LogP contribution in [0.15, 0.2) is 23.0 Å². The lowest BCUT2D eigenvalue weighted by molar-refractivity contribution is -0.116. The minimum atomic E-state index is -1.02. The maximum absolute atomic E-state index is 14.1. The molecule has 22 heavy (non-hydrogen) atoms. The molecule has 1 atom stereocenters. The lowest BCUT2D eigenvalue weighted by Crippen LogP contribution is -2.27. The number of H-pyrrole nitrogens is 1. The van der Waals surface area contributed by atoms with E-state index in [0.29, 0.717) is 5.82 Å². The average Bonchev–Trinajstić information content (AvgIpc) is 2.78. The van der Waals surface area contributed by atoms with Crippen molar-refractivity contribution in [3.05, 3.63) is 51.3 Å². The van der Waals surface area contributed by atoms with Crippen LogP contribution in [0.2, 0.25) is 0 Å². The second kappa shape index (κ2) is 5.08. The topological polar surface area (TPSA) is 66.9 Å². The summed E-state index contributed by atoms with van der Waals surface area (Å²) in [6, 6.07) is 3.69. The highest BCUT2D eigenvalue weighted by molar-refractivity contribution is 5.94. The van der Waals surface area contributed by atoms with E-state index < -0.39 is 23.1 Å². The van der Waals surface area contributed by atoms with Gasteiger partial charge in [-0.1, -0.05) is 12.1 Å². The molecule has 1 amide bonds. The van der Waals surface area contributed by atoms with Crippen LogP contribution in [0.1, 0.15) is 43.4 Å². The number of nitrogens with zero attached hydrogens (tertiary/aromatic N) is 1. The zero-order valence-electron chi connectivity index (χ0n) is 12.1. The highest BCUT2D eigenvalue weighted by atomic mass is 19.2. The highest BCUT2D eigenvalue weighted by Crippen LogP contribution is 2.37. The summed E-state index contributed by atoms with van der Waals surface area (Å²) in [5.74, 6) is -2.84. The van der Waals surface area contributed by atoms with Crippen molar-refractivity contribution in [3.8, 4) is 0 Å². The van der Waals surface area contributed by atoms with Crippen molar-refractivity contribution in [2.45, 2.75) is 32.2 Å². The number of carbonyl (C=O) groups is 1. The van der Waals surface area contributed by atoms with Crippen molar-refractivity contribution >= 4 is 11.7 Å². The third-order valence-electron chi connectivity index (χ3n) is 3.83. The molecule has 2 N–H and O–H groups in total. The molecule has 3 rings (SSSR count). The van der Waals surface area contributed by atoms with Gasteiger partial charge in [-0.2, -0.15) is 0 Å². The number of hydrogen-bond donors (Lipinski definition) is 2. The number of nitrogens with one attached hydrogen (secondary N) is 2. The normalized spacial score (nSPS) is 17.5.